The molecule has 1 aliphatic carbocycles. The van der Waals surface area contributed by atoms with Crippen LogP contribution in [0.5, 0.6) is 0 Å². The molecule has 10 heteroatoms. The van der Waals surface area contributed by atoms with Gasteiger partial charge in [-0.1, -0.05) is 6.92 Å². The standard InChI is InChI=1S/C18H24N6O4/c1-18(4-5-18)10-23(17(26)27)12-7-14(28-9-12)13-8-15(21-20-13)24(11-25)16-3-6-19-22(16)2/h3,6,8,11-12,14H,4-5,7,9-10H2,1-2H3,(H,20,21)(H,26,27)/t12-,14-/m0/s1. The third-order valence-electron chi connectivity index (χ3n) is 5.64. The maximum absolute atomic E-state index is 11.7. The van der Waals surface area contributed by atoms with Crippen molar-refractivity contribution in [3.63, 3.8) is 0 Å². The zero-order valence-electron chi connectivity index (χ0n) is 15.9. The lowest BCUT2D eigenvalue weighted by molar-refractivity contribution is -0.106. The van der Waals surface area contributed by atoms with Gasteiger partial charge in [-0.3, -0.25) is 14.6 Å². The van der Waals surface area contributed by atoms with Crippen molar-refractivity contribution < 1.29 is 19.4 Å². The van der Waals surface area contributed by atoms with Gasteiger partial charge in [0.2, 0.25) is 6.41 Å². The van der Waals surface area contributed by atoms with Crippen LogP contribution >= 0.6 is 0 Å². The van der Waals surface area contributed by atoms with Gasteiger partial charge in [-0.25, -0.2) is 9.69 Å². The lowest BCUT2D eigenvalue weighted by Crippen LogP contribution is -2.42. The van der Waals surface area contributed by atoms with E-state index in [9.17, 15) is 14.7 Å². The number of aromatic nitrogens is 4. The van der Waals surface area contributed by atoms with Crippen molar-refractivity contribution >= 4 is 24.1 Å². The van der Waals surface area contributed by atoms with Crippen molar-refractivity contribution in [2.24, 2.45) is 12.5 Å². The van der Waals surface area contributed by atoms with Gasteiger partial charge in [0, 0.05) is 32.1 Å². The third kappa shape index (κ3) is 3.47. The number of aromatic amines is 1. The van der Waals surface area contributed by atoms with Gasteiger partial charge in [-0.05, 0) is 18.3 Å². The van der Waals surface area contributed by atoms with Crippen molar-refractivity contribution in [2.45, 2.75) is 38.3 Å². The smallest absolute Gasteiger partial charge is 0.407 e. The first-order chi connectivity index (χ1) is 13.4. The van der Waals surface area contributed by atoms with Crippen molar-refractivity contribution in [1.29, 1.82) is 0 Å². The highest BCUT2D eigenvalue weighted by atomic mass is 16.5. The molecule has 1 aliphatic heterocycles. The zero-order valence-corrected chi connectivity index (χ0v) is 15.9. The van der Waals surface area contributed by atoms with Gasteiger partial charge in [0.15, 0.2) is 5.82 Å². The van der Waals surface area contributed by atoms with Gasteiger partial charge < -0.3 is 14.7 Å². The van der Waals surface area contributed by atoms with Crippen LogP contribution in [0.3, 0.4) is 0 Å². The molecule has 3 heterocycles. The van der Waals surface area contributed by atoms with Crippen LogP contribution < -0.4 is 4.90 Å². The SMILES string of the molecule is Cn1nccc1N(C=O)c1cc([C@@H]2C[C@H](N(CC3(C)CC3)C(=O)O)CO2)[nH]n1. The van der Waals surface area contributed by atoms with Crippen LogP contribution in [0.1, 0.15) is 38.0 Å². The lowest BCUT2D eigenvalue weighted by Gasteiger charge is -2.27. The van der Waals surface area contributed by atoms with Gasteiger partial charge in [-0.2, -0.15) is 10.2 Å². The van der Waals surface area contributed by atoms with E-state index in [4.69, 9.17) is 4.74 Å². The number of hydrogen-bond acceptors (Lipinski definition) is 5. The minimum atomic E-state index is -0.906. The van der Waals surface area contributed by atoms with Crippen LogP contribution in [0.4, 0.5) is 16.4 Å². The summed E-state index contributed by atoms with van der Waals surface area (Å²) < 4.78 is 7.44. The summed E-state index contributed by atoms with van der Waals surface area (Å²) in [6.45, 7) is 3.00. The van der Waals surface area contributed by atoms with E-state index in [1.54, 1.807) is 30.1 Å². The molecule has 0 spiro atoms. The molecule has 0 unspecified atom stereocenters. The number of aryl methyl sites for hydroxylation is 1. The van der Waals surface area contributed by atoms with E-state index in [0.29, 0.717) is 37.6 Å². The number of ether oxygens (including phenoxy) is 1. The number of carbonyl (C=O) groups excluding carboxylic acids is 1. The topological polar surface area (TPSA) is 117 Å². The van der Waals surface area contributed by atoms with Gasteiger partial charge >= 0.3 is 6.09 Å². The summed E-state index contributed by atoms with van der Waals surface area (Å²) in [4.78, 5) is 26.2. The molecular weight excluding hydrogens is 364 g/mol. The summed E-state index contributed by atoms with van der Waals surface area (Å²) in [5, 5.41) is 20.8. The molecule has 0 radical (unpaired) electrons. The minimum absolute atomic E-state index is 0.102. The Morgan fingerprint density at radius 3 is 2.93 bits per heavy atom. The monoisotopic (exact) mass is 388 g/mol. The molecule has 2 atom stereocenters. The number of anilines is 2. The largest absolute Gasteiger partial charge is 0.465 e. The third-order valence-corrected chi connectivity index (χ3v) is 5.64. The normalized spacial score (nSPS) is 22.8. The second-order valence-electron chi connectivity index (χ2n) is 7.90. The summed E-state index contributed by atoms with van der Waals surface area (Å²) in [6.07, 6.45) is 3.76. The number of nitrogens with zero attached hydrogens (tertiary/aromatic N) is 5. The predicted octanol–water partition coefficient (Wildman–Crippen LogP) is 2.05. The number of hydrogen-bond donors (Lipinski definition) is 2. The fraction of sp³-hybridized carbons (Fsp3) is 0.556. The summed E-state index contributed by atoms with van der Waals surface area (Å²) in [7, 11) is 1.74. The van der Waals surface area contributed by atoms with Crippen molar-refractivity contribution in [2.75, 3.05) is 18.1 Å². The first-order valence-corrected chi connectivity index (χ1v) is 9.29. The average Bonchev–Trinajstić information content (AvgIpc) is 3.12. The number of H-pyrrole nitrogens is 1. The number of rotatable bonds is 7. The molecule has 2 amide bonds. The molecule has 0 aromatic carbocycles. The number of carbonyl (C=O) groups is 2. The molecule has 10 nitrogen and oxygen atoms in total. The van der Waals surface area contributed by atoms with Gasteiger partial charge in [-0.15, -0.1) is 0 Å². The van der Waals surface area contributed by atoms with Crippen LogP contribution in [0, 0.1) is 5.41 Å². The maximum atomic E-state index is 11.7. The van der Waals surface area contributed by atoms with Crippen LogP contribution in [-0.2, 0) is 16.6 Å². The predicted molar refractivity (Wildman–Crippen MR) is 99.2 cm³/mol. The summed E-state index contributed by atoms with van der Waals surface area (Å²) in [5.74, 6) is 1.02. The molecule has 2 aromatic heterocycles. The fourth-order valence-electron chi connectivity index (χ4n) is 3.62. The first-order valence-electron chi connectivity index (χ1n) is 9.29. The Hall–Kier alpha value is -2.88. The molecule has 2 fully saturated rings. The van der Waals surface area contributed by atoms with Crippen LogP contribution in [0.2, 0.25) is 0 Å². The molecule has 150 valence electrons. The van der Waals surface area contributed by atoms with E-state index in [1.165, 1.54) is 9.80 Å². The van der Waals surface area contributed by atoms with Gasteiger partial charge in [0.05, 0.1) is 24.5 Å². The quantitative estimate of drug-likeness (QED) is 0.701. The van der Waals surface area contributed by atoms with Crippen LogP contribution in [0.25, 0.3) is 0 Å². The molecule has 4 rings (SSSR count). The van der Waals surface area contributed by atoms with E-state index in [2.05, 4.69) is 22.2 Å². The molecule has 1 saturated carbocycles. The Kier molecular flexibility index (Phi) is 4.58. The van der Waals surface area contributed by atoms with E-state index in [-0.39, 0.29) is 17.6 Å². The van der Waals surface area contributed by atoms with E-state index in [1.807, 2.05) is 0 Å². The Bertz CT molecular complexity index is 873. The average molecular weight is 388 g/mol. The molecule has 0 bridgehead atoms. The Morgan fingerprint density at radius 2 is 2.32 bits per heavy atom. The lowest BCUT2D eigenvalue weighted by atomic mass is 10.1. The molecule has 1 saturated heterocycles. The number of carboxylic acid groups (broad SMARTS) is 1. The van der Waals surface area contributed by atoms with Gasteiger partial charge in [0.1, 0.15) is 11.9 Å². The van der Waals surface area contributed by atoms with E-state index in [0.717, 1.165) is 18.5 Å². The van der Waals surface area contributed by atoms with Crippen molar-refractivity contribution in [3.05, 3.63) is 24.0 Å². The molecule has 2 aromatic rings. The van der Waals surface area contributed by atoms with Crippen LogP contribution in [0.15, 0.2) is 18.3 Å². The van der Waals surface area contributed by atoms with Crippen LogP contribution in [-0.4, -0.2) is 61.7 Å². The highest BCUT2D eigenvalue weighted by Gasteiger charge is 2.43. The number of amides is 2. The maximum Gasteiger partial charge on any atom is 0.407 e. The number of nitrogens with one attached hydrogen (secondary N) is 1. The molecule has 28 heavy (non-hydrogen) atoms. The first kappa shape index (κ1) is 18.5. The van der Waals surface area contributed by atoms with Crippen molar-refractivity contribution in [3.8, 4) is 0 Å². The Balaban J connectivity index is 1.46. The van der Waals surface area contributed by atoms with E-state index >= 15 is 0 Å². The zero-order chi connectivity index (χ0) is 19.9. The highest BCUT2D eigenvalue weighted by Crippen LogP contribution is 2.46. The Labute approximate surface area is 162 Å². The molecule has 2 aliphatic rings. The van der Waals surface area contributed by atoms with E-state index < -0.39 is 6.09 Å². The molecule has 2 N–H and O–H groups in total. The fourth-order valence-corrected chi connectivity index (χ4v) is 3.62. The second kappa shape index (κ2) is 6.93. The summed E-state index contributed by atoms with van der Waals surface area (Å²) in [5.41, 5.74) is 0.820. The Morgan fingerprint density at radius 1 is 1.54 bits per heavy atom. The second-order valence-corrected chi connectivity index (χ2v) is 7.90. The van der Waals surface area contributed by atoms with Gasteiger partial charge in [0.25, 0.3) is 0 Å². The summed E-state index contributed by atoms with van der Waals surface area (Å²) >= 11 is 0. The summed E-state index contributed by atoms with van der Waals surface area (Å²) in [6, 6.07) is 3.28. The molecular formula is C18H24N6O4. The minimum Gasteiger partial charge on any atom is -0.465 e. The van der Waals surface area contributed by atoms with Crippen molar-refractivity contribution in [1.82, 2.24) is 24.9 Å². The highest BCUT2D eigenvalue weighted by molar-refractivity contribution is 5.83.